The first-order valence-electron chi connectivity index (χ1n) is 7.86. The number of nitrogens with one attached hydrogen (secondary N) is 1. The number of rotatable bonds is 5. The van der Waals surface area contributed by atoms with Gasteiger partial charge in [-0.2, -0.15) is 0 Å². The zero-order valence-electron chi connectivity index (χ0n) is 13.6. The molecule has 3 aromatic rings. The molecule has 1 amide bonds. The fourth-order valence-electron chi connectivity index (χ4n) is 2.48. The molecule has 0 aliphatic heterocycles. The highest BCUT2D eigenvalue weighted by Crippen LogP contribution is 2.43. The molecular weight excluding hydrogens is 324 g/mol. The van der Waals surface area contributed by atoms with E-state index in [-0.39, 0.29) is 5.91 Å². The van der Waals surface area contributed by atoms with Gasteiger partial charge in [0, 0.05) is 16.9 Å². The van der Waals surface area contributed by atoms with Gasteiger partial charge in [0.05, 0.1) is 10.2 Å². The maximum absolute atomic E-state index is 12.1. The molecule has 0 fully saturated rings. The molecule has 2 heterocycles. The molecule has 1 N–H and O–H groups in total. The van der Waals surface area contributed by atoms with E-state index in [0.717, 1.165) is 33.9 Å². The fraction of sp³-hybridized carbons (Fsp3) is 0.333. The number of carbonyl (C=O) groups is 1. The predicted octanol–water partition coefficient (Wildman–Crippen LogP) is 5.77. The van der Waals surface area contributed by atoms with Gasteiger partial charge in [0.25, 0.3) is 0 Å². The predicted molar refractivity (Wildman–Crippen MR) is 101 cm³/mol. The molecule has 3 nitrogen and oxygen atoms in total. The first-order chi connectivity index (χ1) is 11.1. The minimum absolute atomic E-state index is 0.0930. The van der Waals surface area contributed by atoms with Crippen molar-refractivity contribution in [1.82, 2.24) is 4.98 Å². The number of aryl methyl sites for hydroxylation is 1. The lowest BCUT2D eigenvalue weighted by Gasteiger charge is -2.05. The van der Waals surface area contributed by atoms with Gasteiger partial charge in [-0.1, -0.05) is 25.5 Å². The Bertz CT molecular complexity index is 815. The van der Waals surface area contributed by atoms with Crippen LogP contribution in [0, 0.1) is 13.8 Å². The number of thiophene rings is 1. The molecule has 0 bridgehead atoms. The van der Waals surface area contributed by atoms with Crippen LogP contribution in [0.4, 0.5) is 5.00 Å². The van der Waals surface area contributed by atoms with Crippen molar-refractivity contribution < 1.29 is 4.79 Å². The van der Waals surface area contributed by atoms with E-state index in [1.54, 1.807) is 22.7 Å². The Morgan fingerprint density at radius 2 is 2.00 bits per heavy atom. The van der Waals surface area contributed by atoms with Crippen molar-refractivity contribution in [3.63, 3.8) is 0 Å². The van der Waals surface area contributed by atoms with Crippen molar-refractivity contribution in [1.29, 1.82) is 0 Å². The van der Waals surface area contributed by atoms with Crippen molar-refractivity contribution in [3.8, 4) is 10.6 Å². The minimum atomic E-state index is 0.0930. The summed E-state index contributed by atoms with van der Waals surface area (Å²) in [5.41, 5.74) is 3.30. The van der Waals surface area contributed by atoms with Crippen LogP contribution in [-0.4, -0.2) is 10.9 Å². The average Bonchev–Trinajstić information content (AvgIpc) is 3.06. The topological polar surface area (TPSA) is 42.0 Å². The van der Waals surface area contributed by atoms with E-state index in [0.29, 0.717) is 6.42 Å². The number of carbonyl (C=O) groups excluding carboxylic acids is 1. The zero-order valence-corrected chi connectivity index (χ0v) is 15.2. The molecule has 0 saturated carbocycles. The van der Waals surface area contributed by atoms with Crippen LogP contribution >= 0.6 is 22.7 Å². The number of aromatic nitrogens is 1. The Balaban J connectivity index is 1.99. The van der Waals surface area contributed by atoms with Crippen LogP contribution < -0.4 is 5.32 Å². The first-order valence-corrected chi connectivity index (χ1v) is 9.49. The molecule has 0 saturated heterocycles. The van der Waals surface area contributed by atoms with Crippen molar-refractivity contribution in [2.75, 3.05) is 5.32 Å². The standard InChI is InChI=1S/C18H20N2OS2/c1-4-5-10-15(21)20-18-16(11(2)12(3)22-18)17-19-13-8-6-7-9-14(13)23-17/h6-9H,4-5,10H2,1-3H3,(H,20,21). The Hall–Kier alpha value is -1.72. The third-order valence-electron chi connectivity index (χ3n) is 3.90. The molecule has 5 heteroatoms. The second-order valence-corrected chi connectivity index (χ2v) is 7.88. The molecule has 120 valence electrons. The molecule has 0 radical (unpaired) electrons. The van der Waals surface area contributed by atoms with Crippen LogP contribution in [0.5, 0.6) is 0 Å². The SMILES string of the molecule is CCCCC(=O)Nc1sc(C)c(C)c1-c1nc2ccccc2s1. The summed E-state index contributed by atoms with van der Waals surface area (Å²) in [7, 11) is 0. The lowest BCUT2D eigenvalue weighted by Crippen LogP contribution is -2.10. The van der Waals surface area contributed by atoms with E-state index in [4.69, 9.17) is 4.98 Å². The van der Waals surface area contributed by atoms with E-state index in [1.165, 1.54) is 15.1 Å². The Morgan fingerprint density at radius 3 is 2.74 bits per heavy atom. The number of hydrogen-bond donors (Lipinski definition) is 1. The molecule has 3 rings (SSSR count). The van der Waals surface area contributed by atoms with Gasteiger partial charge in [-0.15, -0.1) is 22.7 Å². The van der Waals surface area contributed by atoms with Gasteiger partial charge >= 0.3 is 0 Å². The van der Waals surface area contributed by atoms with Crippen LogP contribution in [0.2, 0.25) is 0 Å². The fourth-order valence-corrected chi connectivity index (χ4v) is 4.70. The maximum atomic E-state index is 12.1. The largest absolute Gasteiger partial charge is 0.317 e. The molecule has 1 aromatic carbocycles. The number of unbranched alkanes of at least 4 members (excludes halogenated alkanes) is 1. The monoisotopic (exact) mass is 344 g/mol. The molecule has 0 aliphatic rings. The number of nitrogens with zero attached hydrogens (tertiary/aromatic N) is 1. The number of hydrogen-bond acceptors (Lipinski definition) is 4. The van der Waals surface area contributed by atoms with E-state index in [1.807, 2.05) is 18.2 Å². The van der Waals surface area contributed by atoms with Gasteiger partial charge in [0.15, 0.2) is 0 Å². The summed E-state index contributed by atoms with van der Waals surface area (Å²) in [5, 5.41) is 5.01. The van der Waals surface area contributed by atoms with E-state index in [9.17, 15) is 4.79 Å². The first kappa shape index (κ1) is 16.1. The van der Waals surface area contributed by atoms with Gasteiger partial charge in [0.2, 0.25) is 5.91 Å². The molecular formula is C18H20N2OS2. The van der Waals surface area contributed by atoms with E-state index < -0.39 is 0 Å². The Kier molecular flexibility index (Phi) is 4.78. The summed E-state index contributed by atoms with van der Waals surface area (Å²) in [5.74, 6) is 0.0930. The van der Waals surface area contributed by atoms with E-state index in [2.05, 4.69) is 32.2 Å². The lowest BCUT2D eigenvalue weighted by atomic mass is 10.1. The summed E-state index contributed by atoms with van der Waals surface area (Å²) < 4.78 is 1.18. The highest BCUT2D eigenvalue weighted by Gasteiger charge is 2.19. The third-order valence-corrected chi connectivity index (χ3v) is 6.08. The summed E-state index contributed by atoms with van der Waals surface area (Å²) in [6, 6.07) is 8.16. The summed E-state index contributed by atoms with van der Waals surface area (Å²) in [6.45, 7) is 6.30. The Morgan fingerprint density at radius 1 is 1.22 bits per heavy atom. The van der Waals surface area contributed by atoms with Gasteiger partial charge in [0.1, 0.15) is 10.0 Å². The van der Waals surface area contributed by atoms with Gasteiger partial charge < -0.3 is 5.32 Å². The van der Waals surface area contributed by atoms with Crippen LogP contribution in [0.3, 0.4) is 0 Å². The van der Waals surface area contributed by atoms with Crippen LogP contribution in [0.1, 0.15) is 36.6 Å². The number of thiazole rings is 1. The second-order valence-electron chi connectivity index (χ2n) is 5.63. The van der Waals surface area contributed by atoms with Crippen molar-refractivity contribution in [3.05, 3.63) is 34.7 Å². The number of anilines is 1. The second kappa shape index (κ2) is 6.81. The van der Waals surface area contributed by atoms with Gasteiger partial charge in [-0.05, 0) is 38.0 Å². The normalized spacial score (nSPS) is 11.1. The molecule has 0 atom stereocenters. The van der Waals surface area contributed by atoms with Gasteiger partial charge in [-0.25, -0.2) is 4.98 Å². The van der Waals surface area contributed by atoms with Crippen LogP contribution in [0.15, 0.2) is 24.3 Å². The minimum Gasteiger partial charge on any atom is -0.317 e. The molecule has 0 spiro atoms. The summed E-state index contributed by atoms with van der Waals surface area (Å²) in [6.07, 6.45) is 2.53. The molecule has 0 aliphatic carbocycles. The highest BCUT2D eigenvalue weighted by atomic mass is 32.1. The van der Waals surface area contributed by atoms with Crippen LogP contribution in [0.25, 0.3) is 20.8 Å². The average molecular weight is 345 g/mol. The van der Waals surface area contributed by atoms with Crippen molar-refractivity contribution >= 4 is 43.8 Å². The molecule has 23 heavy (non-hydrogen) atoms. The Labute approximate surface area is 144 Å². The lowest BCUT2D eigenvalue weighted by molar-refractivity contribution is -0.116. The number of benzene rings is 1. The van der Waals surface area contributed by atoms with Gasteiger partial charge in [-0.3, -0.25) is 4.79 Å². The van der Waals surface area contributed by atoms with Crippen LogP contribution in [-0.2, 0) is 4.79 Å². The van der Waals surface area contributed by atoms with E-state index >= 15 is 0 Å². The zero-order chi connectivity index (χ0) is 16.4. The summed E-state index contributed by atoms with van der Waals surface area (Å²) >= 11 is 3.32. The maximum Gasteiger partial charge on any atom is 0.224 e. The van der Waals surface area contributed by atoms with Crippen molar-refractivity contribution in [2.45, 2.75) is 40.0 Å². The highest BCUT2D eigenvalue weighted by molar-refractivity contribution is 7.22. The van der Waals surface area contributed by atoms with Crippen molar-refractivity contribution in [2.24, 2.45) is 0 Å². The summed E-state index contributed by atoms with van der Waals surface area (Å²) in [4.78, 5) is 18.1. The quantitative estimate of drug-likeness (QED) is 0.638. The molecule has 2 aromatic heterocycles. The number of para-hydroxylation sites is 1. The smallest absolute Gasteiger partial charge is 0.224 e. The number of fused-ring (bicyclic) bond motifs is 1. The molecule has 0 unspecified atom stereocenters. The third kappa shape index (κ3) is 3.31. The number of amides is 1.